The fourth-order valence-corrected chi connectivity index (χ4v) is 3.82. The van der Waals surface area contributed by atoms with E-state index in [0.29, 0.717) is 35.4 Å². The SMILES string of the molecule is C=C(O)c1cn(CC(C)C)c2cc(CC)c(Cc3cccc(C)c3F)cc2c1=O. The Labute approximate surface area is 171 Å². The molecule has 0 spiro atoms. The Morgan fingerprint density at radius 2 is 1.93 bits per heavy atom. The summed E-state index contributed by atoms with van der Waals surface area (Å²) >= 11 is 0. The van der Waals surface area contributed by atoms with E-state index in [4.69, 9.17) is 0 Å². The first-order chi connectivity index (χ1) is 13.7. The molecule has 0 unspecified atom stereocenters. The summed E-state index contributed by atoms with van der Waals surface area (Å²) in [7, 11) is 0. The van der Waals surface area contributed by atoms with Gasteiger partial charge in [-0.3, -0.25) is 4.79 Å². The molecule has 0 atom stereocenters. The average Bonchev–Trinajstić information content (AvgIpc) is 2.66. The Balaban J connectivity index is 2.27. The van der Waals surface area contributed by atoms with Gasteiger partial charge in [0.25, 0.3) is 0 Å². The van der Waals surface area contributed by atoms with E-state index in [1.807, 2.05) is 22.8 Å². The molecule has 3 rings (SSSR count). The van der Waals surface area contributed by atoms with E-state index < -0.39 is 0 Å². The molecule has 0 radical (unpaired) electrons. The van der Waals surface area contributed by atoms with Gasteiger partial charge in [-0.15, -0.1) is 0 Å². The second-order valence-electron chi connectivity index (χ2n) is 8.08. The number of pyridine rings is 1. The summed E-state index contributed by atoms with van der Waals surface area (Å²) in [5.41, 5.74) is 4.03. The van der Waals surface area contributed by atoms with Gasteiger partial charge in [-0.25, -0.2) is 4.39 Å². The van der Waals surface area contributed by atoms with E-state index in [-0.39, 0.29) is 22.6 Å². The minimum atomic E-state index is -0.249. The summed E-state index contributed by atoms with van der Waals surface area (Å²) in [6.45, 7) is 12.3. The number of aryl methyl sites for hydroxylation is 2. The lowest BCUT2D eigenvalue weighted by atomic mass is 9.94. The normalized spacial score (nSPS) is 11.4. The molecule has 0 fully saturated rings. The number of halogens is 1. The average molecular weight is 394 g/mol. The molecule has 0 aliphatic carbocycles. The maximum absolute atomic E-state index is 14.6. The van der Waals surface area contributed by atoms with Gasteiger partial charge in [-0.1, -0.05) is 45.5 Å². The Morgan fingerprint density at radius 1 is 1.21 bits per heavy atom. The highest BCUT2D eigenvalue weighted by atomic mass is 19.1. The molecule has 4 heteroatoms. The van der Waals surface area contributed by atoms with Gasteiger partial charge < -0.3 is 9.67 Å². The third-order valence-corrected chi connectivity index (χ3v) is 5.31. The molecule has 1 heterocycles. The van der Waals surface area contributed by atoms with Crippen LogP contribution in [0.4, 0.5) is 4.39 Å². The van der Waals surface area contributed by atoms with Crippen LogP contribution in [0, 0.1) is 18.7 Å². The molecule has 3 nitrogen and oxygen atoms in total. The van der Waals surface area contributed by atoms with Crippen LogP contribution in [0.5, 0.6) is 0 Å². The van der Waals surface area contributed by atoms with E-state index >= 15 is 0 Å². The van der Waals surface area contributed by atoms with Gasteiger partial charge in [0.05, 0.1) is 11.1 Å². The lowest BCUT2D eigenvalue weighted by Gasteiger charge is -2.18. The van der Waals surface area contributed by atoms with E-state index in [9.17, 15) is 14.3 Å². The number of nitrogens with zero attached hydrogens (tertiary/aromatic N) is 1. The number of rotatable bonds is 6. The Kier molecular flexibility index (Phi) is 5.92. The summed E-state index contributed by atoms with van der Waals surface area (Å²) in [6, 6.07) is 9.29. The second-order valence-corrected chi connectivity index (χ2v) is 8.08. The van der Waals surface area contributed by atoms with Crippen molar-refractivity contribution in [2.24, 2.45) is 5.92 Å². The number of aromatic nitrogens is 1. The fourth-order valence-electron chi connectivity index (χ4n) is 3.82. The zero-order valence-electron chi connectivity index (χ0n) is 17.6. The summed E-state index contributed by atoms with van der Waals surface area (Å²) < 4.78 is 16.6. The molecule has 0 aliphatic rings. The smallest absolute Gasteiger partial charge is 0.200 e. The number of fused-ring (bicyclic) bond motifs is 1. The molecule has 0 aliphatic heterocycles. The monoisotopic (exact) mass is 393 g/mol. The highest BCUT2D eigenvalue weighted by Gasteiger charge is 2.16. The zero-order chi connectivity index (χ0) is 21.3. The van der Waals surface area contributed by atoms with Crippen molar-refractivity contribution in [3.8, 4) is 0 Å². The van der Waals surface area contributed by atoms with Gasteiger partial charge >= 0.3 is 0 Å². The van der Waals surface area contributed by atoms with Crippen molar-refractivity contribution in [1.82, 2.24) is 4.57 Å². The minimum absolute atomic E-state index is 0.204. The van der Waals surface area contributed by atoms with Crippen molar-refractivity contribution in [1.29, 1.82) is 0 Å². The molecular weight excluding hydrogens is 365 g/mol. The number of hydrogen-bond acceptors (Lipinski definition) is 2. The predicted molar refractivity (Wildman–Crippen MR) is 118 cm³/mol. The van der Waals surface area contributed by atoms with E-state index in [1.165, 1.54) is 0 Å². The minimum Gasteiger partial charge on any atom is -0.508 e. The van der Waals surface area contributed by atoms with Crippen LogP contribution in [0.3, 0.4) is 0 Å². The molecule has 0 saturated carbocycles. The lowest BCUT2D eigenvalue weighted by Crippen LogP contribution is -2.17. The van der Waals surface area contributed by atoms with Gasteiger partial charge in [-0.05, 0) is 53.6 Å². The van der Waals surface area contributed by atoms with Crippen LogP contribution < -0.4 is 5.43 Å². The molecule has 1 N–H and O–H groups in total. The zero-order valence-corrected chi connectivity index (χ0v) is 17.6. The van der Waals surface area contributed by atoms with Crippen molar-refractivity contribution >= 4 is 16.7 Å². The molecule has 0 amide bonds. The van der Waals surface area contributed by atoms with Crippen molar-refractivity contribution in [3.63, 3.8) is 0 Å². The maximum Gasteiger partial charge on any atom is 0.200 e. The largest absolute Gasteiger partial charge is 0.508 e. The van der Waals surface area contributed by atoms with Gasteiger partial charge in [0.2, 0.25) is 0 Å². The van der Waals surface area contributed by atoms with Crippen molar-refractivity contribution < 1.29 is 9.50 Å². The highest BCUT2D eigenvalue weighted by molar-refractivity contribution is 5.83. The number of hydrogen-bond donors (Lipinski definition) is 1. The molecule has 0 bridgehead atoms. The van der Waals surface area contributed by atoms with Crippen LogP contribution in [0.1, 0.15) is 48.6 Å². The summed E-state index contributed by atoms with van der Waals surface area (Å²) in [5, 5.41) is 10.5. The molecule has 1 aromatic heterocycles. The Bertz CT molecular complexity index is 1140. The van der Waals surface area contributed by atoms with Gasteiger partial charge in [0.15, 0.2) is 5.43 Å². The summed E-state index contributed by atoms with van der Waals surface area (Å²) in [4.78, 5) is 13.0. The first kappa shape index (κ1) is 20.8. The highest BCUT2D eigenvalue weighted by Crippen LogP contribution is 2.25. The Hall–Kier alpha value is -2.88. The van der Waals surface area contributed by atoms with Crippen LogP contribution in [-0.2, 0) is 19.4 Å². The van der Waals surface area contributed by atoms with Gasteiger partial charge in [0, 0.05) is 24.5 Å². The molecule has 3 aromatic rings. The number of benzene rings is 2. The van der Waals surface area contributed by atoms with Crippen molar-refractivity contribution in [3.05, 3.63) is 87.0 Å². The van der Waals surface area contributed by atoms with Crippen LogP contribution in [0.15, 0.2) is 47.9 Å². The second kappa shape index (κ2) is 8.24. The van der Waals surface area contributed by atoms with Gasteiger partial charge in [0.1, 0.15) is 11.6 Å². The van der Waals surface area contributed by atoms with Crippen LogP contribution in [0.2, 0.25) is 0 Å². The van der Waals surface area contributed by atoms with E-state index in [1.54, 1.807) is 25.3 Å². The van der Waals surface area contributed by atoms with Crippen LogP contribution >= 0.6 is 0 Å². The van der Waals surface area contributed by atoms with Crippen molar-refractivity contribution in [2.45, 2.75) is 47.1 Å². The van der Waals surface area contributed by atoms with Crippen molar-refractivity contribution in [2.75, 3.05) is 0 Å². The number of aliphatic hydroxyl groups excluding tert-OH is 1. The third-order valence-electron chi connectivity index (χ3n) is 5.31. The van der Waals surface area contributed by atoms with Crippen LogP contribution in [-0.4, -0.2) is 9.67 Å². The van der Waals surface area contributed by atoms with E-state index in [2.05, 4.69) is 27.4 Å². The van der Waals surface area contributed by atoms with E-state index in [0.717, 1.165) is 23.1 Å². The lowest BCUT2D eigenvalue weighted by molar-refractivity contribution is 0.506. The topological polar surface area (TPSA) is 42.2 Å². The quantitative estimate of drug-likeness (QED) is 0.539. The Morgan fingerprint density at radius 3 is 2.55 bits per heavy atom. The number of aliphatic hydroxyl groups is 1. The van der Waals surface area contributed by atoms with Gasteiger partial charge in [-0.2, -0.15) is 0 Å². The molecule has 2 aromatic carbocycles. The fraction of sp³-hybridized carbons (Fsp3) is 0.320. The molecule has 29 heavy (non-hydrogen) atoms. The standard InChI is InChI=1S/C25H28FNO2/c1-6-18-12-23-21(11-20(18)10-19-9-7-8-16(4)24(19)26)25(29)22(17(5)28)14-27(23)13-15(2)3/h7-9,11-12,14-15,28H,5-6,10,13H2,1-4H3. The first-order valence-corrected chi connectivity index (χ1v) is 10.0. The molecule has 152 valence electrons. The first-order valence-electron chi connectivity index (χ1n) is 10.0. The predicted octanol–water partition coefficient (Wildman–Crippen LogP) is 5.79. The summed E-state index contributed by atoms with van der Waals surface area (Å²) in [5.74, 6) is -0.0729. The third kappa shape index (κ3) is 4.12. The molecular formula is C25H28FNO2. The maximum atomic E-state index is 14.6. The summed E-state index contributed by atoms with van der Waals surface area (Å²) in [6.07, 6.45) is 2.88. The molecule has 0 saturated heterocycles. The van der Waals surface area contributed by atoms with Crippen LogP contribution in [0.25, 0.3) is 16.7 Å².